The number of benzene rings is 1. The summed E-state index contributed by atoms with van der Waals surface area (Å²) in [7, 11) is 3.22. The fraction of sp³-hybridized carbons (Fsp3) is 0.478. The third-order valence-corrected chi connectivity index (χ3v) is 6.64. The summed E-state index contributed by atoms with van der Waals surface area (Å²) in [6.45, 7) is 4.08. The molecule has 5 unspecified atom stereocenters. The molecule has 4 rings (SSSR count). The molecule has 1 aromatic heterocycles. The van der Waals surface area contributed by atoms with Crippen molar-refractivity contribution in [2.45, 2.75) is 50.5 Å². The van der Waals surface area contributed by atoms with Gasteiger partial charge in [0.15, 0.2) is 0 Å². The predicted octanol–water partition coefficient (Wildman–Crippen LogP) is 1.35. The molecule has 172 valence electrons. The molecule has 0 bridgehead atoms. The molecule has 8 nitrogen and oxygen atoms in total. The Kier molecular flexibility index (Phi) is 6.21. The standard InChI is InChI=1S/C23H30FN5O3/c1-12(25-3)22(30)28-20(13(2)32-4)23(31)29-8-7-18-21(29)17(11-26-18)16-10-27-19-9-14(24)5-6-15(16)19/h5-6,9-13,18,20-21,25-27H,7-8H2,1-4H3,(H,28,30). The fourth-order valence-corrected chi connectivity index (χ4v) is 4.56. The quantitative estimate of drug-likeness (QED) is 0.518. The van der Waals surface area contributed by atoms with E-state index < -0.39 is 18.2 Å². The number of amides is 2. The Balaban J connectivity index is 1.62. The minimum atomic E-state index is -0.805. The average molecular weight is 444 g/mol. The largest absolute Gasteiger partial charge is 0.385 e. The number of methoxy groups -OCH3 is 1. The van der Waals surface area contributed by atoms with Crippen molar-refractivity contribution in [1.29, 1.82) is 0 Å². The van der Waals surface area contributed by atoms with Crippen molar-refractivity contribution in [3.05, 3.63) is 42.0 Å². The van der Waals surface area contributed by atoms with Crippen molar-refractivity contribution in [3.8, 4) is 0 Å². The van der Waals surface area contributed by atoms with Crippen LogP contribution in [0.3, 0.4) is 0 Å². The number of likely N-dealkylation sites (N-methyl/N-ethyl adjacent to an activating group) is 1. The van der Waals surface area contributed by atoms with Crippen LogP contribution < -0.4 is 16.0 Å². The number of nitrogens with zero attached hydrogens (tertiary/aromatic N) is 1. The highest BCUT2D eigenvalue weighted by atomic mass is 19.1. The number of carbonyl (C=O) groups is 2. The molecule has 0 aliphatic carbocycles. The molecule has 5 atom stereocenters. The van der Waals surface area contributed by atoms with Gasteiger partial charge in [-0.15, -0.1) is 0 Å². The van der Waals surface area contributed by atoms with E-state index in [0.717, 1.165) is 22.9 Å². The first-order valence-corrected chi connectivity index (χ1v) is 10.9. The second-order valence-corrected chi connectivity index (χ2v) is 8.47. The lowest BCUT2D eigenvalue weighted by molar-refractivity contribution is -0.140. The monoisotopic (exact) mass is 443 g/mol. The normalized spacial score (nSPS) is 22.8. The highest BCUT2D eigenvalue weighted by molar-refractivity contribution is 5.97. The van der Waals surface area contributed by atoms with Gasteiger partial charge in [0.05, 0.1) is 24.2 Å². The van der Waals surface area contributed by atoms with Gasteiger partial charge in [-0.1, -0.05) is 0 Å². The molecular formula is C23H30FN5O3. The van der Waals surface area contributed by atoms with Crippen LogP contribution in [-0.4, -0.2) is 72.7 Å². The zero-order valence-electron chi connectivity index (χ0n) is 18.7. The Labute approximate surface area is 186 Å². The van der Waals surface area contributed by atoms with Crippen LogP contribution in [-0.2, 0) is 14.3 Å². The number of carbonyl (C=O) groups excluding carboxylic acids is 2. The molecule has 2 amide bonds. The van der Waals surface area contributed by atoms with E-state index in [1.807, 2.05) is 17.3 Å². The number of likely N-dealkylation sites (tertiary alicyclic amines) is 1. The highest BCUT2D eigenvalue weighted by Gasteiger charge is 2.45. The number of aromatic nitrogens is 1. The van der Waals surface area contributed by atoms with E-state index in [4.69, 9.17) is 4.74 Å². The maximum Gasteiger partial charge on any atom is 0.248 e. The summed E-state index contributed by atoms with van der Waals surface area (Å²) in [4.78, 5) is 31.1. The summed E-state index contributed by atoms with van der Waals surface area (Å²) in [5.41, 5.74) is 2.61. The fourth-order valence-electron chi connectivity index (χ4n) is 4.56. The van der Waals surface area contributed by atoms with Crippen LogP contribution in [0.4, 0.5) is 4.39 Å². The number of hydrogen-bond donors (Lipinski definition) is 4. The minimum absolute atomic E-state index is 0.0878. The van der Waals surface area contributed by atoms with Crippen LogP contribution >= 0.6 is 0 Å². The molecule has 2 aromatic rings. The van der Waals surface area contributed by atoms with Crippen molar-refractivity contribution in [3.63, 3.8) is 0 Å². The maximum absolute atomic E-state index is 13.7. The van der Waals surface area contributed by atoms with Crippen LogP contribution in [0.1, 0.15) is 25.8 Å². The van der Waals surface area contributed by atoms with Gasteiger partial charge < -0.3 is 30.6 Å². The van der Waals surface area contributed by atoms with E-state index in [-0.39, 0.29) is 29.7 Å². The number of ether oxygens (including phenoxy) is 1. The van der Waals surface area contributed by atoms with Gasteiger partial charge in [-0.3, -0.25) is 9.59 Å². The van der Waals surface area contributed by atoms with Crippen LogP contribution in [0.25, 0.3) is 16.5 Å². The number of H-pyrrole nitrogens is 1. The van der Waals surface area contributed by atoms with Gasteiger partial charge >= 0.3 is 0 Å². The van der Waals surface area contributed by atoms with E-state index in [1.165, 1.54) is 19.2 Å². The first-order chi connectivity index (χ1) is 15.3. The molecule has 4 N–H and O–H groups in total. The lowest BCUT2D eigenvalue weighted by Gasteiger charge is -2.32. The lowest BCUT2D eigenvalue weighted by Crippen LogP contribution is -2.58. The van der Waals surface area contributed by atoms with Gasteiger partial charge in [-0.25, -0.2) is 4.39 Å². The number of rotatable bonds is 7. The zero-order chi connectivity index (χ0) is 23.0. The molecule has 1 aromatic carbocycles. The summed E-state index contributed by atoms with van der Waals surface area (Å²) < 4.78 is 19.1. The summed E-state index contributed by atoms with van der Waals surface area (Å²) >= 11 is 0. The molecule has 32 heavy (non-hydrogen) atoms. The van der Waals surface area contributed by atoms with Crippen LogP contribution in [0, 0.1) is 5.82 Å². The second-order valence-electron chi connectivity index (χ2n) is 8.47. The van der Waals surface area contributed by atoms with Crippen LogP contribution in [0.15, 0.2) is 30.6 Å². The Morgan fingerprint density at radius 1 is 1.31 bits per heavy atom. The zero-order valence-corrected chi connectivity index (χ0v) is 18.7. The summed E-state index contributed by atoms with van der Waals surface area (Å²) in [6, 6.07) is 3.32. The van der Waals surface area contributed by atoms with Crippen molar-refractivity contribution in [2.75, 3.05) is 20.7 Å². The maximum atomic E-state index is 13.7. The third-order valence-electron chi connectivity index (χ3n) is 6.64. The average Bonchev–Trinajstić information content (AvgIpc) is 3.50. The van der Waals surface area contributed by atoms with Gasteiger partial charge in [0.2, 0.25) is 11.8 Å². The van der Waals surface area contributed by atoms with E-state index >= 15 is 0 Å². The van der Waals surface area contributed by atoms with Gasteiger partial charge in [0.1, 0.15) is 11.9 Å². The Morgan fingerprint density at radius 2 is 2.09 bits per heavy atom. The SMILES string of the molecule is CNC(C)C(=O)NC(C(=O)N1CCC2NC=C(c3c[nH]c4cc(F)ccc34)C21)C(C)OC. The van der Waals surface area contributed by atoms with E-state index in [0.29, 0.717) is 12.1 Å². The Bertz CT molecular complexity index is 1050. The predicted molar refractivity (Wildman–Crippen MR) is 120 cm³/mol. The molecule has 3 heterocycles. The Hall–Kier alpha value is -2.91. The van der Waals surface area contributed by atoms with Crippen LogP contribution in [0.2, 0.25) is 0 Å². The lowest BCUT2D eigenvalue weighted by atomic mass is 9.96. The number of hydrogen-bond acceptors (Lipinski definition) is 5. The molecular weight excluding hydrogens is 413 g/mol. The smallest absolute Gasteiger partial charge is 0.248 e. The third kappa shape index (κ3) is 3.86. The van der Waals surface area contributed by atoms with Gasteiger partial charge in [0, 0.05) is 48.1 Å². The van der Waals surface area contributed by atoms with Gasteiger partial charge in [-0.2, -0.15) is 0 Å². The van der Waals surface area contributed by atoms with E-state index in [9.17, 15) is 14.0 Å². The summed E-state index contributed by atoms with van der Waals surface area (Å²) in [5, 5.41) is 10.0. The molecule has 1 fully saturated rings. The summed E-state index contributed by atoms with van der Waals surface area (Å²) in [6.07, 6.45) is 4.10. The minimum Gasteiger partial charge on any atom is -0.385 e. The van der Waals surface area contributed by atoms with E-state index in [1.54, 1.807) is 27.0 Å². The first-order valence-electron chi connectivity index (χ1n) is 10.9. The number of halogens is 1. The van der Waals surface area contributed by atoms with Crippen LogP contribution in [0.5, 0.6) is 0 Å². The number of fused-ring (bicyclic) bond motifs is 2. The topological polar surface area (TPSA) is 98.5 Å². The highest BCUT2D eigenvalue weighted by Crippen LogP contribution is 2.38. The number of nitrogens with one attached hydrogen (secondary N) is 4. The first kappa shape index (κ1) is 22.3. The number of aromatic amines is 1. The van der Waals surface area contributed by atoms with Crippen molar-refractivity contribution in [2.24, 2.45) is 0 Å². The molecule has 2 aliphatic heterocycles. The molecule has 1 saturated heterocycles. The van der Waals surface area contributed by atoms with Crippen molar-refractivity contribution >= 4 is 28.3 Å². The van der Waals surface area contributed by atoms with E-state index in [2.05, 4.69) is 20.9 Å². The van der Waals surface area contributed by atoms with Gasteiger partial charge in [0.25, 0.3) is 0 Å². The Morgan fingerprint density at radius 3 is 2.81 bits per heavy atom. The second kappa shape index (κ2) is 8.91. The molecule has 0 spiro atoms. The molecule has 2 aliphatic rings. The van der Waals surface area contributed by atoms with Crippen molar-refractivity contribution in [1.82, 2.24) is 25.8 Å². The van der Waals surface area contributed by atoms with Gasteiger partial charge in [-0.05, 0) is 45.5 Å². The van der Waals surface area contributed by atoms with Crippen molar-refractivity contribution < 1.29 is 18.7 Å². The molecule has 0 radical (unpaired) electrons. The molecule has 9 heteroatoms. The summed E-state index contributed by atoms with van der Waals surface area (Å²) in [5.74, 6) is -0.739. The molecule has 0 saturated carbocycles.